The quantitative estimate of drug-likeness (QED) is 0.350. The zero-order chi connectivity index (χ0) is 28.7. The molecule has 3 atom stereocenters. The lowest BCUT2D eigenvalue weighted by atomic mass is 9.74. The van der Waals surface area contributed by atoms with Crippen LogP contribution in [0.5, 0.6) is 0 Å². The van der Waals surface area contributed by atoms with Crippen LogP contribution in [0.3, 0.4) is 0 Å². The Hall–Kier alpha value is -2.72. The molecular weight excluding hydrogens is 537 g/mol. The monoisotopic (exact) mass is 572 g/mol. The van der Waals surface area contributed by atoms with Gasteiger partial charge in [-0.15, -0.1) is 0 Å². The molecule has 2 heterocycles. The van der Waals surface area contributed by atoms with Gasteiger partial charge in [-0.25, -0.2) is 8.42 Å². The fraction of sp³-hybridized carbons (Fsp3) is 0.419. The Kier molecular flexibility index (Phi) is 8.12. The van der Waals surface area contributed by atoms with E-state index in [4.69, 9.17) is 4.74 Å². The van der Waals surface area contributed by atoms with Gasteiger partial charge in [-0.05, 0) is 73.2 Å². The van der Waals surface area contributed by atoms with Crippen molar-refractivity contribution in [2.45, 2.75) is 55.8 Å². The van der Waals surface area contributed by atoms with Crippen LogP contribution in [0.25, 0.3) is 11.1 Å². The van der Waals surface area contributed by atoms with Crippen molar-refractivity contribution in [2.75, 3.05) is 33.4 Å². The van der Waals surface area contributed by atoms with E-state index in [0.717, 1.165) is 36.2 Å². The van der Waals surface area contributed by atoms with Crippen molar-refractivity contribution in [3.63, 3.8) is 0 Å². The number of hydrogen-bond donors (Lipinski definition) is 0. The molecule has 5 rings (SSSR count). The molecule has 2 fully saturated rings. The van der Waals surface area contributed by atoms with Gasteiger partial charge in [0, 0.05) is 38.2 Å². The first-order valence-corrected chi connectivity index (χ1v) is 15.1. The van der Waals surface area contributed by atoms with Gasteiger partial charge in [-0.1, -0.05) is 54.6 Å². The summed E-state index contributed by atoms with van der Waals surface area (Å²) in [5.74, 6) is -0.0127. The summed E-state index contributed by atoms with van der Waals surface area (Å²) in [4.78, 5) is 1.58. The Morgan fingerprint density at radius 1 is 0.925 bits per heavy atom. The first kappa shape index (κ1) is 28.8. The molecule has 9 heteroatoms. The van der Waals surface area contributed by atoms with Crippen molar-refractivity contribution in [2.24, 2.45) is 0 Å². The van der Waals surface area contributed by atoms with E-state index in [1.165, 1.54) is 33.1 Å². The average molecular weight is 573 g/mol. The summed E-state index contributed by atoms with van der Waals surface area (Å²) in [5.41, 5.74) is 4.67. The van der Waals surface area contributed by atoms with E-state index in [2.05, 4.69) is 55.1 Å². The molecule has 214 valence electrons. The molecule has 0 spiro atoms. The molecule has 2 aliphatic rings. The predicted octanol–water partition coefficient (Wildman–Crippen LogP) is 6.26. The lowest BCUT2D eigenvalue weighted by Gasteiger charge is -2.57. The first-order valence-electron chi connectivity index (χ1n) is 13.6. The maximum atomic E-state index is 13.8. The summed E-state index contributed by atoms with van der Waals surface area (Å²) in [5, 5.41) is 0. The Morgan fingerprint density at radius 3 is 2.33 bits per heavy atom. The highest BCUT2D eigenvalue weighted by Crippen LogP contribution is 2.44. The third kappa shape index (κ3) is 5.32. The zero-order valence-electron chi connectivity index (χ0n) is 23.0. The highest BCUT2D eigenvalue weighted by atomic mass is 32.2. The van der Waals surface area contributed by atoms with Crippen molar-refractivity contribution < 1.29 is 26.3 Å². The standard InChI is InChI=1S/C31H35F3N2O3S/c1-21-9-8-10-25(22(21)2)23-13-15-24(16-14-23)30-27-19-35(17-6-7-18-36(27)28(30)20-39-3)40(37,38)29-12-5-4-11-26(29)31(32,33)34/h4-5,8-16,27-28,30H,6-7,17-20H2,1-3H3/t27-,28+,30?/m0/s1. The Bertz CT molecular complexity index is 1460. The van der Waals surface area contributed by atoms with Crippen LogP contribution in [0.2, 0.25) is 0 Å². The first-order chi connectivity index (χ1) is 19.0. The van der Waals surface area contributed by atoms with Crippen LogP contribution in [-0.4, -0.2) is 63.1 Å². The molecule has 0 aliphatic carbocycles. The lowest BCUT2D eigenvalue weighted by molar-refractivity contribution is -0.139. The van der Waals surface area contributed by atoms with E-state index in [0.29, 0.717) is 13.0 Å². The van der Waals surface area contributed by atoms with E-state index < -0.39 is 26.7 Å². The third-order valence-electron chi connectivity index (χ3n) is 8.50. The summed E-state index contributed by atoms with van der Waals surface area (Å²) in [6, 6.07) is 19.0. The number of hydrogen-bond acceptors (Lipinski definition) is 4. The minimum atomic E-state index is -4.77. The summed E-state index contributed by atoms with van der Waals surface area (Å²) in [6.07, 6.45) is -3.44. The fourth-order valence-corrected chi connectivity index (χ4v) is 8.00. The maximum absolute atomic E-state index is 13.8. The van der Waals surface area contributed by atoms with Crippen molar-refractivity contribution in [1.82, 2.24) is 9.21 Å². The van der Waals surface area contributed by atoms with Gasteiger partial charge < -0.3 is 4.74 Å². The Morgan fingerprint density at radius 2 is 1.62 bits per heavy atom. The summed E-state index contributed by atoms with van der Waals surface area (Å²) in [7, 11) is -2.71. The Labute approximate surface area is 234 Å². The Balaban J connectivity index is 1.47. The van der Waals surface area contributed by atoms with E-state index in [-0.39, 0.29) is 31.1 Å². The number of halogens is 3. The van der Waals surface area contributed by atoms with Crippen LogP contribution in [0.15, 0.2) is 71.6 Å². The number of benzene rings is 3. The molecule has 0 amide bonds. The molecule has 0 saturated carbocycles. The fourth-order valence-electron chi connectivity index (χ4n) is 6.29. The number of methoxy groups -OCH3 is 1. The second-order valence-electron chi connectivity index (χ2n) is 10.8. The number of ether oxygens (including phenoxy) is 1. The van der Waals surface area contributed by atoms with Crippen LogP contribution in [0.1, 0.15) is 41.0 Å². The number of aryl methyl sites for hydroxylation is 1. The highest BCUT2D eigenvalue weighted by Gasteiger charge is 2.51. The van der Waals surface area contributed by atoms with Gasteiger partial charge in [0.15, 0.2) is 0 Å². The maximum Gasteiger partial charge on any atom is 0.417 e. The lowest BCUT2D eigenvalue weighted by Crippen LogP contribution is -2.68. The van der Waals surface area contributed by atoms with Gasteiger partial charge in [0.1, 0.15) is 0 Å². The zero-order valence-corrected chi connectivity index (χ0v) is 23.8. The van der Waals surface area contributed by atoms with Crippen molar-refractivity contribution in [1.29, 1.82) is 0 Å². The van der Waals surface area contributed by atoms with Gasteiger partial charge in [0.2, 0.25) is 10.0 Å². The molecule has 0 radical (unpaired) electrons. The minimum absolute atomic E-state index is 0.0127. The van der Waals surface area contributed by atoms with Crippen LogP contribution in [-0.2, 0) is 20.9 Å². The minimum Gasteiger partial charge on any atom is -0.383 e. The van der Waals surface area contributed by atoms with Gasteiger partial charge >= 0.3 is 6.18 Å². The molecule has 2 aliphatic heterocycles. The number of fused-ring (bicyclic) bond motifs is 1. The van der Waals surface area contributed by atoms with E-state index in [1.54, 1.807) is 7.11 Å². The number of alkyl halides is 3. The average Bonchev–Trinajstić information content (AvgIpc) is 2.91. The summed E-state index contributed by atoms with van der Waals surface area (Å²) < 4.78 is 75.5. The smallest absolute Gasteiger partial charge is 0.383 e. The number of rotatable bonds is 6. The molecule has 1 unspecified atom stereocenters. The van der Waals surface area contributed by atoms with Crippen LogP contribution >= 0.6 is 0 Å². The summed E-state index contributed by atoms with van der Waals surface area (Å²) in [6.45, 7) is 5.79. The molecule has 3 aromatic carbocycles. The molecule has 3 aromatic rings. The van der Waals surface area contributed by atoms with Crippen molar-refractivity contribution >= 4 is 10.0 Å². The number of sulfonamides is 1. The van der Waals surface area contributed by atoms with Gasteiger partial charge in [0.05, 0.1) is 17.1 Å². The van der Waals surface area contributed by atoms with Gasteiger partial charge in [-0.2, -0.15) is 17.5 Å². The molecule has 2 saturated heterocycles. The molecule has 0 N–H and O–H groups in total. The summed E-state index contributed by atoms with van der Waals surface area (Å²) >= 11 is 0. The van der Waals surface area contributed by atoms with Crippen LogP contribution in [0.4, 0.5) is 13.2 Å². The molecule has 5 nitrogen and oxygen atoms in total. The van der Waals surface area contributed by atoms with Crippen LogP contribution < -0.4 is 0 Å². The predicted molar refractivity (Wildman–Crippen MR) is 150 cm³/mol. The van der Waals surface area contributed by atoms with Crippen LogP contribution in [0, 0.1) is 13.8 Å². The molecule has 0 aromatic heterocycles. The second kappa shape index (κ2) is 11.3. The van der Waals surface area contributed by atoms with Gasteiger partial charge in [-0.3, -0.25) is 4.90 Å². The topological polar surface area (TPSA) is 49.9 Å². The third-order valence-corrected chi connectivity index (χ3v) is 10.4. The molecule has 40 heavy (non-hydrogen) atoms. The van der Waals surface area contributed by atoms with Crippen molar-refractivity contribution in [3.8, 4) is 11.1 Å². The molecule has 0 bridgehead atoms. The molecular formula is C31H35F3N2O3S. The largest absolute Gasteiger partial charge is 0.417 e. The van der Waals surface area contributed by atoms with Crippen molar-refractivity contribution in [3.05, 3.63) is 89.0 Å². The highest BCUT2D eigenvalue weighted by molar-refractivity contribution is 7.89. The SMILES string of the molecule is COC[C@@H]1C(c2ccc(-c3cccc(C)c3C)cc2)[C@@H]2CN(S(=O)(=O)c3ccccc3C(F)(F)F)CCCCN12. The van der Waals surface area contributed by atoms with Gasteiger partial charge in [0.25, 0.3) is 0 Å². The van der Waals surface area contributed by atoms with E-state index >= 15 is 0 Å². The number of nitrogens with zero attached hydrogens (tertiary/aromatic N) is 2. The van der Waals surface area contributed by atoms with E-state index in [9.17, 15) is 21.6 Å². The van der Waals surface area contributed by atoms with E-state index in [1.807, 2.05) is 6.07 Å². The second-order valence-corrected chi connectivity index (χ2v) is 12.7. The normalized spacial score (nSPS) is 22.7.